The summed E-state index contributed by atoms with van der Waals surface area (Å²) in [6.07, 6.45) is 1.39. The molecule has 1 aromatic rings. The molecule has 0 saturated carbocycles. The molecule has 0 atom stereocenters. The molecule has 0 spiro atoms. The van der Waals surface area contributed by atoms with Crippen LogP contribution in [0.5, 0.6) is 5.75 Å². The van der Waals surface area contributed by atoms with Gasteiger partial charge in [-0.1, -0.05) is 32.0 Å². The molecule has 0 radical (unpaired) electrons. The van der Waals surface area contributed by atoms with Crippen LogP contribution in [0.2, 0.25) is 0 Å². The van der Waals surface area contributed by atoms with Crippen molar-refractivity contribution in [3.63, 3.8) is 0 Å². The molecule has 17 heavy (non-hydrogen) atoms. The van der Waals surface area contributed by atoms with Crippen molar-refractivity contribution in [2.45, 2.75) is 26.7 Å². The second-order valence-corrected chi connectivity index (χ2v) is 4.51. The van der Waals surface area contributed by atoms with Gasteiger partial charge in [-0.25, -0.2) is 0 Å². The van der Waals surface area contributed by atoms with Gasteiger partial charge in [0, 0.05) is 13.0 Å². The summed E-state index contributed by atoms with van der Waals surface area (Å²) in [6.45, 7) is 4.74. The minimum Gasteiger partial charge on any atom is -0.496 e. The summed E-state index contributed by atoms with van der Waals surface area (Å²) >= 11 is 0. The molecule has 0 aromatic heterocycles. The number of amides is 1. The summed E-state index contributed by atoms with van der Waals surface area (Å²) in [5.74, 6) is 1.40. The molecule has 0 aliphatic carbocycles. The van der Waals surface area contributed by atoms with Crippen LogP contribution in [0, 0.1) is 5.92 Å². The number of benzene rings is 1. The van der Waals surface area contributed by atoms with Crippen LogP contribution in [0.25, 0.3) is 0 Å². The smallest absolute Gasteiger partial charge is 0.220 e. The first-order chi connectivity index (χ1) is 8.13. The first-order valence-corrected chi connectivity index (χ1v) is 6.02. The van der Waals surface area contributed by atoms with Crippen molar-refractivity contribution in [3.05, 3.63) is 29.8 Å². The molecule has 0 saturated heterocycles. The van der Waals surface area contributed by atoms with E-state index in [4.69, 9.17) is 4.74 Å². The molecule has 3 nitrogen and oxygen atoms in total. The lowest BCUT2D eigenvalue weighted by Gasteiger charge is -2.09. The van der Waals surface area contributed by atoms with Gasteiger partial charge in [0.05, 0.1) is 7.11 Å². The Morgan fingerprint density at radius 3 is 2.71 bits per heavy atom. The van der Waals surface area contributed by atoms with Crippen LogP contribution in [0.15, 0.2) is 24.3 Å². The van der Waals surface area contributed by atoms with E-state index in [1.54, 1.807) is 7.11 Å². The standard InChI is InChI=1S/C14H21NO2/c1-11(2)10-14(16)15-9-8-12-6-4-5-7-13(12)17-3/h4-7,11H,8-10H2,1-3H3,(H,15,16). The van der Waals surface area contributed by atoms with Gasteiger partial charge in [0.25, 0.3) is 0 Å². The van der Waals surface area contributed by atoms with Crippen LogP contribution in [0.4, 0.5) is 0 Å². The molecule has 1 rings (SSSR count). The molecule has 1 N–H and O–H groups in total. The van der Waals surface area contributed by atoms with E-state index in [-0.39, 0.29) is 5.91 Å². The van der Waals surface area contributed by atoms with Crippen molar-refractivity contribution in [3.8, 4) is 5.75 Å². The van der Waals surface area contributed by atoms with Crippen molar-refractivity contribution in [1.29, 1.82) is 0 Å². The van der Waals surface area contributed by atoms with Gasteiger partial charge in [0.2, 0.25) is 5.91 Å². The maximum Gasteiger partial charge on any atom is 0.220 e. The lowest BCUT2D eigenvalue weighted by Crippen LogP contribution is -2.26. The van der Waals surface area contributed by atoms with Crippen LogP contribution < -0.4 is 10.1 Å². The van der Waals surface area contributed by atoms with Gasteiger partial charge < -0.3 is 10.1 Å². The van der Waals surface area contributed by atoms with E-state index in [1.807, 2.05) is 38.1 Å². The highest BCUT2D eigenvalue weighted by Crippen LogP contribution is 2.17. The van der Waals surface area contributed by atoms with Crippen LogP contribution in [-0.4, -0.2) is 19.6 Å². The molecular weight excluding hydrogens is 214 g/mol. The number of ether oxygens (including phenoxy) is 1. The Balaban J connectivity index is 2.38. The lowest BCUT2D eigenvalue weighted by atomic mass is 10.1. The van der Waals surface area contributed by atoms with Crippen molar-refractivity contribution in [2.24, 2.45) is 5.92 Å². The zero-order valence-corrected chi connectivity index (χ0v) is 10.8. The van der Waals surface area contributed by atoms with Crippen molar-refractivity contribution < 1.29 is 9.53 Å². The van der Waals surface area contributed by atoms with Crippen molar-refractivity contribution >= 4 is 5.91 Å². The van der Waals surface area contributed by atoms with Gasteiger partial charge in [0.15, 0.2) is 0 Å². The number of para-hydroxylation sites is 1. The van der Waals surface area contributed by atoms with Gasteiger partial charge in [0.1, 0.15) is 5.75 Å². The largest absolute Gasteiger partial charge is 0.496 e. The highest BCUT2D eigenvalue weighted by Gasteiger charge is 2.05. The third kappa shape index (κ3) is 4.89. The quantitative estimate of drug-likeness (QED) is 0.822. The van der Waals surface area contributed by atoms with E-state index in [2.05, 4.69) is 5.32 Å². The predicted molar refractivity (Wildman–Crippen MR) is 69.2 cm³/mol. The monoisotopic (exact) mass is 235 g/mol. The molecule has 1 amide bonds. The molecule has 94 valence electrons. The Morgan fingerprint density at radius 1 is 1.35 bits per heavy atom. The number of hydrogen-bond donors (Lipinski definition) is 1. The van der Waals surface area contributed by atoms with E-state index < -0.39 is 0 Å². The Bertz CT molecular complexity index is 361. The SMILES string of the molecule is COc1ccccc1CCNC(=O)CC(C)C. The van der Waals surface area contributed by atoms with Gasteiger partial charge in [-0.15, -0.1) is 0 Å². The zero-order chi connectivity index (χ0) is 12.7. The van der Waals surface area contributed by atoms with Crippen molar-refractivity contribution in [2.75, 3.05) is 13.7 Å². The van der Waals surface area contributed by atoms with E-state index in [0.717, 1.165) is 17.7 Å². The van der Waals surface area contributed by atoms with E-state index in [1.165, 1.54) is 0 Å². The summed E-state index contributed by atoms with van der Waals surface area (Å²) in [7, 11) is 1.66. The minimum absolute atomic E-state index is 0.120. The number of nitrogens with one attached hydrogen (secondary N) is 1. The summed E-state index contributed by atoms with van der Waals surface area (Å²) in [4.78, 5) is 11.5. The number of methoxy groups -OCH3 is 1. The van der Waals surface area contributed by atoms with E-state index >= 15 is 0 Å². The number of carbonyl (C=O) groups is 1. The first-order valence-electron chi connectivity index (χ1n) is 6.02. The topological polar surface area (TPSA) is 38.3 Å². The fraction of sp³-hybridized carbons (Fsp3) is 0.500. The number of carbonyl (C=O) groups excluding carboxylic acids is 1. The zero-order valence-electron chi connectivity index (χ0n) is 10.8. The van der Waals surface area contributed by atoms with E-state index in [9.17, 15) is 4.79 Å². The Morgan fingerprint density at radius 2 is 2.06 bits per heavy atom. The third-order valence-electron chi connectivity index (χ3n) is 2.50. The summed E-state index contributed by atoms with van der Waals surface area (Å²) in [5.41, 5.74) is 1.12. The molecule has 0 aliphatic rings. The summed E-state index contributed by atoms with van der Waals surface area (Å²) in [5, 5.41) is 2.92. The van der Waals surface area contributed by atoms with Gasteiger partial charge in [-0.3, -0.25) is 4.79 Å². The Kier molecular flexibility index (Phi) is 5.53. The normalized spacial score (nSPS) is 10.4. The maximum absolute atomic E-state index is 11.5. The van der Waals surface area contributed by atoms with Gasteiger partial charge in [-0.05, 0) is 24.0 Å². The Labute approximate surface area is 103 Å². The highest BCUT2D eigenvalue weighted by atomic mass is 16.5. The minimum atomic E-state index is 0.120. The van der Waals surface area contributed by atoms with Crippen molar-refractivity contribution in [1.82, 2.24) is 5.32 Å². The molecule has 0 fully saturated rings. The molecular formula is C14H21NO2. The van der Waals surface area contributed by atoms with E-state index in [0.29, 0.717) is 18.9 Å². The molecule has 0 aliphatic heterocycles. The second kappa shape index (κ2) is 6.94. The second-order valence-electron chi connectivity index (χ2n) is 4.51. The molecule has 1 aromatic carbocycles. The molecule has 0 bridgehead atoms. The lowest BCUT2D eigenvalue weighted by molar-refractivity contribution is -0.121. The first kappa shape index (κ1) is 13.6. The van der Waals surface area contributed by atoms with Gasteiger partial charge >= 0.3 is 0 Å². The number of rotatable bonds is 6. The van der Waals surface area contributed by atoms with Crippen LogP contribution in [0.3, 0.4) is 0 Å². The fourth-order valence-corrected chi connectivity index (χ4v) is 1.69. The highest BCUT2D eigenvalue weighted by molar-refractivity contribution is 5.76. The molecule has 0 heterocycles. The molecule has 3 heteroatoms. The maximum atomic E-state index is 11.5. The average molecular weight is 235 g/mol. The van der Waals surface area contributed by atoms with Crippen LogP contribution in [0.1, 0.15) is 25.8 Å². The third-order valence-corrected chi connectivity index (χ3v) is 2.50. The number of hydrogen-bond acceptors (Lipinski definition) is 2. The summed E-state index contributed by atoms with van der Waals surface area (Å²) in [6, 6.07) is 7.88. The molecule has 0 unspecified atom stereocenters. The fourth-order valence-electron chi connectivity index (χ4n) is 1.69. The van der Waals surface area contributed by atoms with Gasteiger partial charge in [-0.2, -0.15) is 0 Å². The predicted octanol–water partition coefficient (Wildman–Crippen LogP) is 2.40. The van der Waals surface area contributed by atoms with Crippen LogP contribution >= 0.6 is 0 Å². The Hall–Kier alpha value is -1.51. The summed E-state index contributed by atoms with van der Waals surface area (Å²) < 4.78 is 5.25. The average Bonchev–Trinajstić information content (AvgIpc) is 2.28. The van der Waals surface area contributed by atoms with Crippen LogP contribution in [-0.2, 0) is 11.2 Å².